The van der Waals surface area contributed by atoms with Gasteiger partial charge in [0.25, 0.3) is 0 Å². The third-order valence-electron chi connectivity index (χ3n) is 2.68. The second kappa shape index (κ2) is 3.18. The number of aromatic nitrogens is 3. The molecule has 3 aromatic heterocycles. The van der Waals surface area contributed by atoms with Crippen LogP contribution in [0.2, 0.25) is 0 Å². The van der Waals surface area contributed by atoms with E-state index in [9.17, 15) is 4.79 Å². The van der Waals surface area contributed by atoms with Gasteiger partial charge in [0.05, 0.1) is 29.1 Å². The van der Waals surface area contributed by atoms with Crippen molar-refractivity contribution in [2.45, 2.75) is 0 Å². The molecule has 0 saturated heterocycles. The van der Waals surface area contributed by atoms with E-state index in [1.807, 2.05) is 0 Å². The summed E-state index contributed by atoms with van der Waals surface area (Å²) in [4.78, 5) is 21.9. The standard InChI is InChI=1S/C11H8N4O2/c12-9-8-5-1-2-13-3-6(5)14-4-7(8)15-10(9)11(16)17/h1-4,15H,12H2,(H,16,17). The molecule has 0 aliphatic heterocycles. The van der Waals surface area contributed by atoms with Crippen LogP contribution in [0.5, 0.6) is 0 Å². The van der Waals surface area contributed by atoms with E-state index in [2.05, 4.69) is 15.0 Å². The summed E-state index contributed by atoms with van der Waals surface area (Å²) in [5.41, 5.74) is 7.36. The Balaban J connectivity index is 2.53. The van der Waals surface area contributed by atoms with Crippen molar-refractivity contribution in [2.75, 3.05) is 5.73 Å². The molecule has 4 N–H and O–H groups in total. The van der Waals surface area contributed by atoms with Crippen LogP contribution in [0.25, 0.3) is 21.8 Å². The van der Waals surface area contributed by atoms with Crippen molar-refractivity contribution in [3.63, 3.8) is 0 Å². The minimum atomic E-state index is -1.08. The fraction of sp³-hybridized carbons (Fsp3) is 0. The van der Waals surface area contributed by atoms with Crippen molar-refractivity contribution < 1.29 is 9.90 Å². The average molecular weight is 228 g/mol. The molecule has 3 heterocycles. The molecule has 84 valence electrons. The summed E-state index contributed by atoms with van der Waals surface area (Å²) in [6, 6.07) is 1.76. The summed E-state index contributed by atoms with van der Waals surface area (Å²) in [7, 11) is 0. The maximum Gasteiger partial charge on any atom is 0.354 e. The normalized spacial score (nSPS) is 11.1. The molecule has 0 spiro atoms. The van der Waals surface area contributed by atoms with Crippen molar-refractivity contribution >= 4 is 33.5 Å². The Hall–Kier alpha value is -2.63. The second-order valence-electron chi connectivity index (χ2n) is 3.66. The van der Waals surface area contributed by atoms with E-state index >= 15 is 0 Å². The number of rotatable bonds is 1. The number of pyridine rings is 2. The third kappa shape index (κ3) is 1.24. The van der Waals surface area contributed by atoms with E-state index in [-0.39, 0.29) is 11.4 Å². The first-order valence-corrected chi connectivity index (χ1v) is 4.91. The summed E-state index contributed by atoms with van der Waals surface area (Å²) in [5.74, 6) is -1.08. The monoisotopic (exact) mass is 228 g/mol. The number of hydrogen-bond donors (Lipinski definition) is 3. The van der Waals surface area contributed by atoms with Gasteiger partial charge in [-0.15, -0.1) is 0 Å². The maximum absolute atomic E-state index is 11.0. The van der Waals surface area contributed by atoms with Gasteiger partial charge in [-0.2, -0.15) is 0 Å². The molecule has 0 unspecified atom stereocenters. The van der Waals surface area contributed by atoms with Crippen molar-refractivity contribution in [1.29, 1.82) is 0 Å². The van der Waals surface area contributed by atoms with Gasteiger partial charge in [-0.3, -0.25) is 9.97 Å². The smallest absolute Gasteiger partial charge is 0.354 e. The minimum Gasteiger partial charge on any atom is -0.477 e. The summed E-state index contributed by atoms with van der Waals surface area (Å²) in [6.45, 7) is 0. The van der Waals surface area contributed by atoms with Crippen LogP contribution < -0.4 is 5.73 Å². The number of nitrogen functional groups attached to an aromatic ring is 1. The molecule has 6 nitrogen and oxygen atoms in total. The fourth-order valence-corrected chi connectivity index (χ4v) is 1.92. The Morgan fingerprint density at radius 3 is 3.00 bits per heavy atom. The first-order valence-electron chi connectivity index (χ1n) is 4.91. The van der Waals surface area contributed by atoms with Crippen LogP contribution >= 0.6 is 0 Å². The van der Waals surface area contributed by atoms with Crippen LogP contribution in [-0.4, -0.2) is 26.0 Å². The summed E-state index contributed by atoms with van der Waals surface area (Å²) < 4.78 is 0. The quantitative estimate of drug-likeness (QED) is 0.583. The molecule has 17 heavy (non-hydrogen) atoms. The Kier molecular flexibility index (Phi) is 1.79. The maximum atomic E-state index is 11.0. The number of hydrogen-bond acceptors (Lipinski definition) is 4. The number of carboxylic acid groups (broad SMARTS) is 1. The van der Waals surface area contributed by atoms with E-state index in [4.69, 9.17) is 10.8 Å². The first-order chi connectivity index (χ1) is 8.18. The van der Waals surface area contributed by atoms with E-state index < -0.39 is 5.97 Å². The highest BCUT2D eigenvalue weighted by atomic mass is 16.4. The van der Waals surface area contributed by atoms with Gasteiger partial charge in [-0.1, -0.05) is 0 Å². The first kappa shape index (κ1) is 9.59. The largest absolute Gasteiger partial charge is 0.477 e. The highest BCUT2D eigenvalue weighted by Gasteiger charge is 2.16. The molecule has 0 atom stereocenters. The number of aromatic carboxylic acids is 1. The summed E-state index contributed by atoms with van der Waals surface area (Å²) >= 11 is 0. The SMILES string of the molecule is Nc1c(C(=O)O)[nH]c2cnc3cnccc3c12. The van der Waals surface area contributed by atoms with Crippen LogP contribution in [0, 0.1) is 0 Å². The van der Waals surface area contributed by atoms with Gasteiger partial charge >= 0.3 is 5.97 Å². The predicted molar refractivity (Wildman–Crippen MR) is 62.8 cm³/mol. The van der Waals surface area contributed by atoms with Crippen LogP contribution in [0.3, 0.4) is 0 Å². The van der Waals surface area contributed by atoms with E-state index in [0.29, 0.717) is 16.4 Å². The molecule has 0 aromatic carbocycles. The molecule has 0 aliphatic rings. The topological polar surface area (TPSA) is 105 Å². The lowest BCUT2D eigenvalue weighted by Crippen LogP contribution is -2.00. The van der Waals surface area contributed by atoms with Crippen LogP contribution in [-0.2, 0) is 0 Å². The lowest BCUT2D eigenvalue weighted by molar-refractivity contribution is 0.0692. The van der Waals surface area contributed by atoms with E-state index in [0.717, 1.165) is 5.39 Å². The number of anilines is 1. The van der Waals surface area contributed by atoms with Crippen LogP contribution in [0.1, 0.15) is 10.5 Å². The summed E-state index contributed by atoms with van der Waals surface area (Å²) in [5, 5.41) is 10.5. The number of carboxylic acids is 1. The van der Waals surface area contributed by atoms with Crippen molar-refractivity contribution in [3.8, 4) is 0 Å². The predicted octanol–water partition coefficient (Wildman–Crippen LogP) is 1.39. The number of fused-ring (bicyclic) bond motifs is 3. The zero-order valence-electron chi connectivity index (χ0n) is 8.64. The molecule has 6 heteroatoms. The van der Waals surface area contributed by atoms with E-state index in [1.165, 1.54) is 0 Å². The number of nitrogens with zero attached hydrogens (tertiary/aromatic N) is 2. The minimum absolute atomic E-state index is 0.00823. The molecule has 3 rings (SSSR count). The molecule has 0 amide bonds. The molecule has 0 aliphatic carbocycles. The zero-order valence-corrected chi connectivity index (χ0v) is 8.64. The Labute approximate surface area is 95.1 Å². The number of carbonyl (C=O) groups is 1. The van der Waals surface area contributed by atoms with Gasteiger partial charge in [-0.25, -0.2) is 4.79 Å². The average Bonchev–Trinajstić information content (AvgIpc) is 2.67. The molecular weight excluding hydrogens is 220 g/mol. The molecule has 0 bridgehead atoms. The van der Waals surface area contributed by atoms with Gasteiger partial charge in [0, 0.05) is 17.0 Å². The molecule has 0 saturated carbocycles. The number of H-pyrrole nitrogens is 1. The highest BCUT2D eigenvalue weighted by molar-refractivity contribution is 6.15. The molecule has 0 radical (unpaired) electrons. The molecule has 3 aromatic rings. The van der Waals surface area contributed by atoms with Gasteiger partial charge in [0.2, 0.25) is 0 Å². The zero-order chi connectivity index (χ0) is 12.0. The lowest BCUT2D eigenvalue weighted by atomic mass is 10.1. The molecular formula is C11H8N4O2. The van der Waals surface area contributed by atoms with Crippen LogP contribution in [0.4, 0.5) is 5.69 Å². The molecule has 0 fully saturated rings. The van der Waals surface area contributed by atoms with Crippen LogP contribution in [0.15, 0.2) is 24.7 Å². The third-order valence-corrected chi connectivity index (χ3v) is 2.68. The van der Waals surface area contributed by atoms with Crippen molar-refractivity contribution in [1.82, 2.24) is 15.0 Å². The van der Waals surface area contributed by atoms with Gasteiger partial charge < -0.3 is 15.8 Å². The Bertz CT molecular complexity index is 748. The Morgan fingerprint density at radius 1 is 1.41 bits per heavy atom. The Morgan fingerprint density at radius 2 is 2.24 bits per heavy atom. The van der Waals surface area contributed by atoms with Gasteiger partial charge in [0.15, 0.2) is 0 Å². The number of nitrogens with one attached hydrogen (secondary N) is 1. The van der Waals surface area contributed by atoms with Crippen molar-refractivity contribution in [2.24, 2.45) is 0 Å². The van der Waals surface area contributed by atoms with E-state index in [1.54, 1.807) is 24.7 Å². The lowest BCUT2D eigenvalue weighted by Gasteiger charge is -1.98. The number of nitrogens with two attached hydrogens (primary N) is 1. The van der Waals surface area contributed by atoms with Gasteiger partial charge in [-0.05, 0) is 6.07 Å². The highest BCUT2D eigenvalue weighted by Crippen LogP contribution is 2.30. The van der Waals surface area contributed by atoms with Gasteiger partial charge in [0.1, 0.15) is 5.69 Å². The van der Waals surface area contributed by atoms with Crippen molar-refractivity contribution in [3.05, 3.63) is 30.4 Å². The fourth-order valence-electron chi connectivity index (χ4n) is 1.92. The summed E-state index contributed by atoms with van der Waals surface area (Å²) in [6.07, 6.45) is 4.79. The number of aromatic amines is 1. The second-order valence-corrected chi connectivity index (χ2v) is 3.66.